The van der Waals surface area contributed by atoms with Crippen LogP contribution < -0.4 is 10.6 Å². The lowest BCUT2D eigenvalue weighted by Crippen LogP contribution is -2.53. The maximum absolute atomic E-state index is 5.69. The quantitative estimate of drug-likeness (QED) is 0.455. The Morgan fingerprint density at radius 1 is 1.25 bits per heavy atom. The van der Waals surface area contributed by atoms with Crippen LogP contribution in [-0.4, -0.2) is 100 Å². The highest BCUT2D eigenvalue weighted by Crippen LogP contribution is 2.26. The Morgan fingerprint density at radius 3 is 2.50 bits per heavy atom. The molecule has 164 valence electrons. The fourth-order valence-electron chi connectivity index (χ4n) is 3.96. The van der Waals surface area contributed by atoms with Crippen molar-refractivity contribution in [2.24, 2.45) is 4.99 Å². The fraction of sp³-hybridized carbons (Fsp3) is 0.952. The molecule has 0 aromatic rings. The Balaban J connectivity index is 1.83. The Kier molecular flexibility index (Phi) is 9.99. The van der Waals surface area contributed by atoms with Gasteiger partial charge in [-0.3, -0.25) is 4.99 Å². The van der Waals surface area contributed by atoms with Crippen molar-refractivity contribution in [1.29, 1.82) is 0 Å². The zero-order valence-corrected chi connectivity index (χ0v) is 18.8. The van der Waals surface area contributed by atoms with Crippen LogP contribution in [0.2, 0.25) is 0 Å². The number of nitrogens with one attached hydrogen (secondary N) is 2. The highest BCUT2D eigenvalue weighted by molar-refractivity contribution is 5.80. The first kappa shape index (κ1) is 23.4. The molecular weight excluding hydrogens is 354 g/mol. The molecule has 0 saturated carbocycles. The third-order valence-electron chi connectivity index (χ3n) is 6.04. The van der Waals surface area contributed by atoms with Crippen LogP contribution in [0.15, 0.2) is 4.99 Å². The third kappa shape index (κ3) is 7.50. The number of nitrogens with zero attached hydrogens (tertiary/aromatic N) is 3. The van der Waals surface area contributed by atoms with Crippen LogP contribution in [0, 0.1) is 0 Å². The van der Waals surface area contributed by atoms with Crippen molar-refractivity contribution in [2.45, 2.75) is 64.1 Å². The van der Waals surface area contributed by atoms with Crippen molar-refractivity contribution < 1.29 is 9.47 Å². The predicted molar refractivity (Wildman–Crippen MR) is 116 cm³/mol. The molecule has 0 radical (unpaired) electrons. The molecule has 7 heteroatoms. The molecule has 7 nitrogen and oxygen atoms in total. The van der Waals surface area contributed by atoms with Gasteiger partial charge in [0.15, 0.2) is 5.96 Å². The number of piperidine rings is 1. The summed E-state index contributed by atoms with van der Waals surface area (Å²) in [5, 5.41) is 7.12. The van der Waals surface area contributed by atoms with E-state index in [1.165, 1.54) is 0 Å². The molecule has 0 bridgehead atoms. The standard InChI is InChI=1S/C21H43N5O2/c1-6-22-20(23-17-21(25(4)5)9-14-27-15-10-21)24-19-7-11-26(12-8-19)13-16-28-18(2)3/h18-19H,6-17H2,1-5H3,(H2,22,23,24). The van der Waals surface area contributed by atoms with Gasteiger partial charge in [-0.2, -0.15) is 0 Å². The fourth-order valence-corrected chi connectivity index (χ4v) is 3.96. The van der Waals surface area contributed by atoms with E-state index in [0.29, 0.717) is 12.1 Å². The lowest BCUT2D eigenvalue weighted by Gasteiger charge is -2.42. The zero-order valence-electron chi connectivity index (χ0n) is 18.8. The minimum Gasteiger partial charge on any atom is -0.381 e. The molecular formula is C21H43N5O2. The third-order valence-corrected chi connectivity index (χ3v) is 6.04. The first-order valence-electron chi connectivity index (χ1n) is 11.1. The van der Waals surface area contributed by atoms with Crippen LogP contribution in [0.4, 0.5) is 0 Å². The number of ether oxygens (including phenoxy) is 2. The van der Waals surface area contributed by atoms with Gasteiger partial charge < -0.3 is 29.9 Å². The van der Waals surface area contributed by atoms with Crippen molar-refractivity contribution in [3.05, 3.63) is 0 Å². The van der Waals surface area contributed by atoms with Crippen LogP contribution in [0.3, 0.4) is 0 Å². The molecule has 2 saturated heterocycles. The number of guanidine groups is 1. The van der Waals surface area contributed by atoms with Crippen LogP contribution in [0.1, 0.15) is 46.5 Å². The second-order valence-corrected chi connectivity index (χ2v) is 8.61. The monoisotopic (exact) mass is 397 g/mol. The van der Waals surface area contributed by atoms with Crippen molar-refractivity contribution in [2.75, 3.05) is 66.6 Å². The van der Waals surface area contributed by atoms with E-state index in [1.807, 2.05) is 0 Å². The van der Waals surface area contributed by atoms with Crippen LogP contribution >= 0.6 is 0 Å². The van der Waals surface area contributed by atoms with E-state index in [0.717, 1.165) is 84.2 Å². The number of hydrogen-bond acceptors (Lipinski definition) is 5. The SMILES string of the molecule is CCNC(=NCC1(N(C)C)CCOCC1)NC1CCN(CCOC(C)C)CC1. The zero-order chi connectivity index (χ0) is 20.4. The molecule has 0 unspecified atom stereocenters. The minimum atomic E-state index is 0.111. The summed E-state index contributed by atoms with van der Waals surface area (Å²) < 4.78 is 11.3. The lowest BCUT2D eigenvalue weighted by molar-refractivity contribution is -0.00256. The van der Waals surface area contributed by atoms with Gasteiger partial charge in [0.1, 0.15) is 0 Å². The first-order chi connectivity index (χ1) is 13.4. The number of rotatable bonds is 9. The van der Waals surface area contributed by atoms with Crippen molar-refractivity contribution in [3.8, 4) is 0 Å². The summed E-state index contributed by atoms with van der Waals surface area (Å²) in [6, 6.07) is 0.491. The van der Waals surface area contributed by atoms with E-state index in [9.17, 15) is 0 Å². The molecule has 28 heavy (non-hydrogen) atoms. The number of likely N-dealkylation sites (tertiary alicyclic amines) is 1. The van der Waals surface area contributed by atoms with Gasteiger partial charge >= 0.3 is 0 Å². The van der Waals surface area contributed by atoms with Gasteiger partial charge in [0.2, 0.25) is 0 Å². The molecule has 0 amide bonds. The Morgan fingerprint density at radius 2 is 1.93 bits per heavy atom. The molecule has 0 aromatic heterocycles. The normalized spacial score (nSPS) is 22.0. The van der Waals surface area contributed by atoms with Crippen LogP contribution in [0.25, 0.3) is 0 Å². The lowest BCUT2D eigenvalue weighted by atomic mass is 9.89. The van der Waals surface area contributed by atoms with E-state index in [4.69, 9.17) is 14.5 Å². The molecule has 2 aliphatic heterocycles. The summed E-state index contributed by atoms with van der Waals surface area (Å²) >= 11 is 0. The first-order valence-corrected chi connectivity index (χ1v) is 11.1. The summed E-state index contributed by atoms with van der Waals surface area (Å²) in [6.45, 7) is 13.8. The number of hydrogen-bond donors (Lipinski definition) is 2. The van der Waals surface area contributed by atoms with Gasteiger partial charge in [0.25, 0.3) is 0 Å². The van der Waals surface area contributed by atoms with Gasteiger partial charge in [-0.1, -0.05) is 0 Å². The molecule has 2 rings (SSSR count). The molecule has 2 heterocycles. The summed E-state index contributed by atoms with van der Waals surface area (Å²) in [5.41, 5.74) is 0.111. The second kappa shape index (κ2) is 12.0. The Hall–Kier alpha value is -0.890. The van der Waals surface area contributed by atoms with Gasteiger partial charge in [0, 0.05) is 51.0 Å². The average molecular weight is 398 g/mol. The molecule has 0 spiro atoms. The van der Waals surface area contributed by atoms with Crippen LogP contribution in [-0.2, 0) is 9.47 Å². The van der Waals surface area contributed by atoms with Gasteiger partial charge in [0.05, 0.1) is 19.3 Å². The van der Waals surface area contributed by atoms with Crippen molar-refractivity contribution in [1.82, 2.24) is 20.4 Å². The molecule has 2 aliphatic rings. The van der Waals surface area contributed by atoms with Crippen LogP contribution in [0.5, 0.6) is 0 Å². The van der Waals surface area contributed by atoms with E-state index in [2.05, 4.69) is 55.3 Å². The highest BCUT2D eigenvalue weighted by Gasteiger charge is 2.34. The number of likely N-dealkylation sites (N-methyl/N-ethyl adjacent to an activating group) is 1. The maximum Gasteiger partial charge on any atom is 0.191 e. The largest absolute Gasteiger partial charge is 0.381 e. The van der Waals surface area contributed by atoms with Gasteiger partial charge in [-0.25, -0.2) is 0 Å². The molecule has 0 atom stereocenters. The van der Waals surface area contributed by atoms with Gasteiger partial charge in [-0.05, 0) is 60.5 Å². The van der Waals surface area contributed by atoms with E-state index < -0.39 is 0 Å². The molecule has 0 aromatic carbocycles. The average Bonchev–Trinajstić information content (AvgIpc) is 2.68. The molecule has 2 N–H and O–H groups in total. The molecule has 0 aliphatic carbocycles. The highest BCUT2D eigenvalue weighted by atomic mass is 16.5. The van der Waals surface area contributed by atoms with Crippen molar-refractivity contribution in [3.63, 3.8) is 0 Å². The summed E-state index contributed by atoms with van der Waals surface area (Å²) in [6.07, 6.45) is 4.70. The number of aliphatic imine (C=N–C) groups is 1. The Labute approximate surface area is 172 Å². The summed E-state index contributed by atoms with van der Waals surface area (Å²) in [7, 11) is 4.33. The van der Waals surface area contributed by atoms with Crippen molar-refractivity contribution >= 4 is 5.96 Å². The van der Waals surface area contributed by atoms with Gasteiger partial charge in [-0.15, -0.1) is 0 Å². The Bertz CT molecular complexity index is 456. The summed E-state index contributed by atoms with van der Waals surface area (Å²) in [4.78, 5) is 9.82. The molecule has 2 fully saturated rings. The second-order valence-electron chi connectivity index (χ2n) is 8.61. The summed E-state index contributed by atoms with van der Waals surface area (Å²) in [5.74, 6) is 0.955. The maximum atomic E-state index is 5.69. The van der Waals surface area contributed by atoms with E-state index in [-0.39, 0.29) is 5.54 Å². The van der Waals surface area contributed by atoms with E-state index in [1.54, 1.807) is 0 Å². The van der Waals surface area contributed by atoms with E-state index >= 15 is 0 Å². The predicted octanol–water partition coefficient (Wildman–Crippen LogP) is 1.54. The smallest absolute Gasteiger partial charge is 0.191 e. The topological polar surface area (TPSA) is 61.4 Å². The minimum absolute atomic E-state index is 0.111.